The van der Waals surface area contributed by atoms with E-state index in [0.29, 0.717) is 6.04 Å². The van der Waals surface area contributed by atoms with Crippen LogP contribution in [0, 0.1) is 20.8 Å². The molecule has 0 bridgehead atoms. The Morgan fingerprint density at radius 3 is 2.29 bits per heavy atom. The summed E-state index contributed by atoms with van der Waals surface area (Å²) >= 11 is 0. The summed E-state index contributed by atoms with van der Waals surface area (Å²) in [5.41, 5.74) is 8.85. The minimum Gasteiger partial charge on any atom is -0.351 e. The summed E-state index contributed by atoms with van der Waals surface area (Å²) in [6.45, 7) is 6.49. The summed E-state index contributed by atoms with van der Waals surface area (Å²) in [6.07, 6.45) is 3.51. The number of hydrogen-bond acceptors (Lipinski definition) is 3. The first-order valence-electron chi connectivity index (χ1n) is 11.2. The van der Waals surface area contributed by atoms with Crippen LogP contribution in [0.15, 0.2) is 60.7 Å². The highest BCUT2D eigenvalue weighted by atomic mass is 15.3. The minimum absolute atomic E-state index is 0.330. The fourth-order valence-corrected chi connectivity index (χ4v) is 5.37. The molecular formula is C28H29N3. The highest BCUT2D eigenvalue weighted by Crippen LogP contribution is 2.39. The van der Waals surface area contributed by atoms with Crippen molar-refractivity contribution in [3.05, 3.63) is 88.5 Å². The maximum atomic E-state index is 4.81. The van der Waals surface area contributed by atoms with Crippen LogP contribution >= 0.6 is 0 Å². The van der Waals surface area contributed by atoms with Crippen LogP contribution in [0.4, 0.5) is 5.82 Å². The summed E-state index contributed by atoms with van der Waals surface area (Å²) in [7, 11) is 2.17. The molecule has 0 saturated carbocycles. The molecule has 31 heavy (non-hydrogen) atoms. The molecule has 0 fully saturated rings. The van der Waals surface area contributed by atoms with E-state index in [1.165, 1.54) is 45.2 Å². The lowest BCUT2D eigenvalue weighted by molar-refractivity contribution is 0.541. The molecule has 1 heterocycles. The maximum absolute atomic E-state index is 4.81. The van der Waals surface area contributed by atoms with Gasteiger partial charge in [-0.1, -0.05) is 66.2 Å². The highest BCUT2D eigenvalue weighted by Gasteiger charge is 2.26. The van der Waals surface area contributed by atoms with Gasteiger partial charge in [-0.2, -0.15) is 0 Å². The van der Waals surface area contributed by atoms with E-state index in [-0.39, 0.29) is 0 Å². The topological polar surface area (TPSA) is 29.0 Å². The number of aryl methyl sites for hydroxylation is 4. The molecule has 1 aliphatic carbocycles. The fraction of sp³-hybridized carbons (Fsp3) is 0.286. The van der Waals surface area contributed by atoms with Gasteiger partial charge in [0.25, 0.3) is 0 Å². The Kier molecular flexibility index (Phi) is 4.97. The van der Waals surface area contributed by atoms with Gasteiger partial charge in [-0.15, -0.1) is 10.2 Å². The third-order valence-electron chi connectivity index (χ3n) is 6.72. The minimum atomic E-state index is 0.330. The molecule has 3 nitrogen and oxygen atoms in total. The van der Waals surface area contributed by atoms with Crippen LogP contribution in [-0.2, 0) is 6.42 Å². The average Bonchev–Trinajstić information content (AvgIpc) is 2.77. The van der Waals surface area contributed by atoms with Crippen molar-refractivity contribution in [1.29, 1.82) is 0 Å². The van der Waals surface area contributed by atoms with E-state index in [0.717, 1.165) is 29.7 Å². The Morgan fingerprint density at radius 2 is 1.52 bits per heavy atom. The van der Waals surface area contributed by atoms with E-state index in [1.807, 2.05) is 0 Å². The number of rotatable bonds is 3. The predicted molar refractivity (Wildman–Crippen MR) is 130 cm³/mol. The van der Waals surface area contributed by atoms with E-state index in [4.69, 9.17) is 10.2 Å². The molecular weight excluding hydrogens is 378 g/mol. The van der Waals surface area contributed by atoms with Gasteiger partial charge >= 0.3 is 0 Å². The van der Waals surface area contributed by atoms with E-state index in [1.54, 1.807) is 0 Å². The van der Waals surface area contributed by atoms with Gasteiger partial charge in [0.2, 0.25) is 0 Å². The Balaban J connectivity index is 1.66. The van der Waals surface area contributed by atoms with E-state index < -0.39 is 0 Å². The highest BCUT2D eigenvalue weighted by molar-refractivity contribution is 6.01. The lowest BCUT2D eigenvalue weighted by atomic mass is 9.87. The molecule has 1 aliphatic rings. The normalized spacial score (nSPS) is 15.7. The number of nitrogens with zero attached hydrogens (tertiary/aromatic N) is 3. The Morgan fingerprint density at radius 1 is 0.839 bits per heavy atom. The van der Waals surface area contributed by atoms with Crippen LogP contribution in [0.3, 0.4) is 0 Å². The first-order valence-corrected chi connectivity index (χ1v) is 11.2. The molecule has 0 radical (unpaired) electrons. The summed E-state index contributed by atoms with van der Waals surface area (Å²) < 4.78 is 0. The van der Waals surface area contributed by atoms with Crippen molar-refractivity contribution < 1.29 is 0 Å². The second kappa shape index (κ2) is 7.81. The molecule has 1 atom stereocenters. The lowest BCUT2D eigenvalue weighted by Crippen LogP contribution is -2.28. The predicted octanol–water partition coefficient (Wildman–Crippen LogP) is 6.74. The number of anilines is 1. The monoisotopic (exact) mass is 407 g/mol. The van der Waals surface area contributed by atoms with E-state index >= 15 is 0 Å². The zero-order valence-corrected chi connectivity index (χ0v) is 18.8. The molecule has 3 aromatic carbocycles. The third kappa shape index (κ3) is 3.38. The van der Waals surface area contributed by atoms with Crippen LogP contribution in [0.5, 0.6) is 0 Å². The zero-order valence-electron chi connectivity index (χ0n) is 18.8. The second-order valence-corrected chi connectivity index (χ2v) is 8.91. The molecule has 0 aliphatic heterocycles. The number of benzene rings is 3. The summed E-state index contributed by atoms with van der Waals surface area (Å²) in [5.74, 6) is 0.962. The molecule has 0 spiro atoms. The van der Waals surface area contributed by atoms with E-state index in [2.05, 4.69) is 93.4 Å². The first-order chi connectivity index (χ1) is 15.0. The molecule has 156 valence electrons. The molecule has 0 amide bonds. The number of aromatic nitrogens is 2. The molecule has 4 aromatic rings. The molecule has 0 N–H and O–H groups in total. The number of hydrogen-bond donors (Lipinski definition) is 0. The van der Waals surface area contributed by atoms with Crippen LogP contribution in [-0.4, -0.2) is 17.2 Å². The first kappa shape index (κ1) is 19.7. The van der Waals surface area contributed by atoms with Gasteiger partial charge in [0.05, 0.1) is 6.04 Å². The summed E-state index contributed by atoms with van der Waals surface area (Å²) in [4.78, 5) is 2.34. The van der Waals surface area contributed by atoms with Crippen molar-refractivity contribution >= 4 is 16.6 Å². The standard InChI is InChI=1S/C28H29N3/c1-18-16-19(2)26(20(3)17-18)27-23-13-7-8-14-24(23)28(30-29-27)31(4)25-15-9-11-21-10-5-6-12-22(21)25/h5-8,10,12-14,16-17,25H,9,11,15H2,1-4H3. The third-order valence-corrected chi connectivity index (χ3v) is 6.72. The van der Waals surface area contributed by atoms with Crippen molar-refractivity contribution in [3.8, 4) is 11.3 Å². The SMILES string of the molecule is Cc1cc(C)c(-c2nnc(N(C)C3CCCc4ccccc43)c3ccccc23)c(C)c1. The van der Waals surface area contributed by atoms with Crippen LogP contribution in [0.1, 0.15) is 46.7 Å². The summed E-state index contributed by atoms with van der Waals surface area (Å²) in [5, 5.41) is 12.0. The zero-order chi connectivity index (χ0) is 21.5. The van der Waals surface area contributed by atoms with Gasteiger partial charge in [0.1, 0.15) is 5.69 Å². The second-order valence-electron chi connectivity index (χ2n) is 8.91. The Labute approximate surface area is 184 Å². The average molecular weight is 408 g/mol. The van der Waals surface area contributed by atoms with Gasteiger partial charge < -0.3 is 4.90 Å². The Bertz CT molecular complexity index is 1250. The lowest BCUT2D eigenvalue weighted by Gasteiger charge is -2.34. The van der Waals surface area contributed by atoms with Crippen molar-refractivity contribution in [1.82, 2.24) is 10.2 Å². The Hall–Kier alpha value is -3.20. The van der Waals surface area contributed by atoms with Gasteiger partial charge in [-0.25, -0.2) is 0 Å². The summed E-state index contributed by atoms with van der Waals surface area (Å²) in [6, 6.07) is 22.2. The van der Waals surface area contributed by atoms with Gasteiger partial charge in [-0.05, 0) is 62.3 Å². The van der Waals surface area contributed by atoms with Gasteiger partial charge in [0.15, 0.2) is 5.82 Å². The smallest absolute Gasteiger partial charge is 0.159 e. The van der Waals surface area contributed by atoms with E-state index in [9.17, 15) is 0 Å². The van der Waals surface area contributed by atoms with Gasteiger partial charge in [0, 0.05) is 23.4 Å². The molecule has 1 aromatic heterocycles. The quantitative estimate of drug-likeness (QED) is 0.377. The van der Waals surface area contributed by atoms with Crippen molar-refractivity contribution in [2.24, 2.45) is 0 Å². The van der Waals surface area contributed by atoms with Gasteiger partial charge in [-0.3, -0.25) is 0 Å². The van der Waals surface area contributed by atoms with Crippen molar-refractivity contribution in [2.45, 2.75) is 46.1 Å². The molecule has 0 saturated heterocycles. The van der Waals surface area contributed by atoms with Crippen LogP contribution in [0.2, 0.25) is 0 Å². The maximum Gasteiger partial charge on any atom is 0.159 e. The molecule has 1 unspecified atom stereocenters. The van der Waals surface area contributed by atoms with Crippen molar-refractivity contribution in [3.63, 3.8) is 0 Å². The molecule has 5 rings (SSSR count). The fourth-order valence-electron chi connectivity index (χ4n) is 5.37. The van der Waals surface area contributed by atoms with Crippen LogP contribution in [0.25, 0.3) is 22.0 Å². The molecule has 3 heteroatoms. The largest absolute Gasteiger partial charge is 0.351 e. The number of fused-ring (bicyclic) bond motifs is 2. The van der Waals surface area contributed by atoms with Crippen molar-refractivity contribution in [2.75, 3.05) is 11.9 Å². The van der Waals surface area contributed by atoms with Crippen LogP contribution < -0.4 is 4.90 Å².